The first-order chi connectivity index (χ1) is 33.5. The zero-order chi connectivity index (χ0) is 49.3. The van der Waals surface area contributed by atoms with Gasteiger partial charge < -0.3 is 20.3 Å². The Kier molecular flexibility index (Phi) is 56.0. The molecule has 6 nitrogen and oxygen atoms in total. The maximum atomic E-state index is 12.5. The van der Waals surface area contributed by atoms with Crippen LogP contribution in [-0.4, -0.2) is 47.4 Å². The van der Waals surface area contributed by atoms with Crippen molar-refractivity contribution in [1.82, 2.24) is 5.32 Å². The summed E-state index contributed by atoms with van der Waals surface area (Å²) in [6, 6.07) is -0.650. The number of aliphatic hydroxyl groups is 2. The fourth-order valence-electron chi connectivity index (χ4n) is 9.25. The summed E-state index contributed by atoms with van der Waals surface area (Å²) in [6.07, 6.45) is 71.7. The molecule has 0 heterocycles. The highest BCUT2D eigenvalue weighted by Gasteiger charge is 2.18. The molecule has 68 heavy (non-hydrogen) atoms. The second kappa shape index (κ2) is 57.7. The van der Waals surface area contributed by atoms with Gasteiger partial charge in [0.25, 0.3) is 0 Å². The van der Waals surface area contributed by atoms with Crippen molar-refractivity contribution < 1.29 is 24.5 Å². The topological polar surface area (TPSA) is 95.9 Å². The highest BCUT2D eigenvalue weighted by Crippen LogP contribution is 2.17. The molecule has 3 N–H and O–H groups in total. The highest BCUT2D eigenvalue weighted by atomic mass is 16.5. The summed E-state index contributed by atoms with van der Waals surface area (Å²) in [5, 5.41) is 23.2. The number of unbranched alkanes of at least 4 members (excludes halogenated alkanes) is 41. The molecule has 1 amide bonds. The van der Waals surface area contributed by atoms with Gasteiger partial charge in [0.1, 0.15) is 0 Å². The molecule has 2 atom stereocenters. The van der Waals surface area contributed by atoms with E-state index in [2.05, 4.69) is 43.5 Å². The summed E-state index contributed by atoms with van der Waals surface area (Å²) in [4.78, 5) is 24.6. The Morgan fingerprint density at radius 3 is 1.15 bits per heavy atom. The van der Waals surface area contributed by atoms with Crippen LogP contribution < -0.4 is 5.32 Å². The Labute approximate surface area is 424 Å². The minimum atomic E-state index is -0.864. The zero-order valence-electron chi connectivity index (χ0n) is 45.6. The maximum Gasteiger partial charge on any atom is 0.305 e. The summed E-state index contributed by atoms with van der Waals surface area (Å²) < 4.78 is 5.47. The van der Waals surface area contributed by atoms with Crippen molar-refractivity contribution in [2.45, 2.75) is 334 Å². The number of nitrogens with one attached hydrogen (secondary N) is 1. The van der Waals surface area contributed by atoms with E-state index in [0.717, 1.165) is 64.2 Å². The number of carbonyl (C=O) groups excluding carboxylic acids is 2. The summed E-state index contributed by atoms with van der Waals surface area (Å²) in [7, 11) is 0. The van der Waals surface area contributed by atoms with Crippen molar-refractivity contribution in [2.24, 2.45) is 0 Å². The van der Waals surface area contributed by atoms with Gasteiger partial charge in [0.05, 0.1) is 25.4 Å². The summed E-state index contributed by atoms with van der Waals surface area (Å²) in [6.45, 7) is 4.83. The van der Waals surface area contributed by atoms with Crippen molar-refractivity contribution in [3.05, 3.63) is 36.5 Å². The second-order valence-electron chi connectivity index (χ2n) is 20.7. The Bertz CT molecular complexity index is 1100. The molecule has 0 aromatic rings. The molecule has 0 aliphatic rings. The van der Waals surface area contributed by atoms with Gasteiger partial charge in [-0.25, -0.2) is 0 Å². The molecule has 0 radical (unpaired) electrons. The molecule has 2 unspecified atom stereocenters. The third-order valence-electron chi connectivity index (χ3n) is 13.9. The standard InChI is InChI=1S/C62H117NO5/c1-3-5-7-9-11-13-15-17-19-21-23-24-25-26-28-29-31-33-35-38-42-46-50-54-60(65)59(58-64)63-61(66)55-51-47-43-39-37-41-45-49-53-57-68-62(67)56-52-48-44-40-36-34-32-30-27-22-20-18-16-14-12-10-8-6-4-2/h12,14,18,20,50,54,59-60,64-65H,3-11,13,15-17,19,21-49,51-53,55-58H2,1-2H3,(H,63,66)/b14-12-,20-18-,54-50+. The molecule has 0 bridgehead atoms. The van der Waals surface area contributed by atoms with E-state index in [4.69, 9.17) is 4.74 Å². The molecule has 0 spiro atoms. The average molecular weight is 957 g/mol. The Hall–Kier alpha value is -1.92. The van der Waals surface area contributed by atoms with Crippen LogP contribution in [0.3, 0.4) is 0 Å². The van der Waals surface area contributed by atoms with E-state index in [1.165, 1.54) is 231 Å². The number of ether oxygens (including phenoxy) is 1. The van der Waals surface area contributed by atoms with E-state index in [-0.39, 0.29) is 18.5 Å². The molecule has 6 heteroatoms. The number of allylic oxidation sites excluding steroid dienone is 5. The molecule has 0 rings (SSSR count). The number of carbonyl (C=O) groups is 2. The van der Waals surface area contributed by atoms with E-state index in [9.17, 15) is 19.8 Å². The van der Waals surface area contributed by atoms with Crippen LogP contribution in [0.2, 0.25) is 0 Å². The van der Waals surface area contributed by atoms with Crippen LogP contribution in [0.4, 0.5) is 0 Å². The minimum absolute atomic E-state index is 0.0304. The van der Waals surface area contributed by atoms with Gasteiger partial charge in [-0.1, -0.05) is 281 Å². The van der Waals surface area contributed by atoms with Gasteiger partial charge >= 0.3 is 5.97 Å². The predicted octanol–water partition coefficient (Wildman–Crippen LogP) is 18.8. The van der Waals surface area contributed by atoms with Gasteiger partial charge in [0, 0.05) is 12.8 Å². The van der Waals surface area contributed by atoms with Crippen LogP contribution in [-0.2, 0) is 14.3 Å². The summed E-state index contributed by atoms with van der Waals surface area (Å²) in [5.41, 5.74) is 0. The lowest BCUT2D eigenvalue weighted by Gasteiger charge is -2.20. The Balaban J connectivity index is 3.50. The molecule has 0 aromatic heterocycles. The van der Waals surface area contributed by atoms with E-state index >= 15 is 0 Å². The van der Waals surface area contributed by atoms with Gasteiger partial charge in [-0.2, -0.15) is 0 Å². The molecular formula is C62H117NO5. The monoisotopic (exact) mass is 956 g/mol. The number of hydrogen-bond acceptors (Lipinski definition) is 5. The van der Waals surface area contributed by atoms with Crippen LogP contribution in [0, 0.1) is 0 Å². The third-order valence-corrected chi connectivity index (χ3v) is 13.9. The number of amides is 1. The third kappa shape index (κ3) is 53.4. The summed E-state index contributed by atoms with van der Waals surface area (Å²) >= 11 is 0. The lowest BCUT2D eigenvalue weighted by Crippen LogP contribution is -2.45. The van der Waals surface area contributed by atoms with Crippen molar-refractivity contribution in [3.63, 3.8) is 0 Å². The van der Waals surface area contributed by atoms with Gasteiger partial charge in [0.2, 0.25) is 5.91 Å². The summed E-state index contributed by atoms with van der Waals surface area (Å²) in [5.74, 6) is -0.124. The van der Waals surface area contributed by atoms with Gasteiger partial charge in [-0.3, -0.25) is 9.59 Å². The van der Waals surface area contributed by atoms with Crippen LogP contribution in [0.1, 0.15) is 322 Å². The molecule has 0 aliphatic heterocycles. The molecule has 0 saturated heterocycles. The van der Waals surface area contributed by atoms with E-state index in [1.807, 2.05) is 6.08 Å². The largest absolute Gasteiger partial charge is 0.466 e. The molecular weight excluding hydrogens is 839 g/mol. The normalized spacial score (nSPS) is 12.8. The smallest absolute Gasteiger partial charge is 0.305 e. The minimum Gasteiger partial charge on any atom is -0.466 e. The van der Waals surface area contributed by atoms with Crippen LogP contribution >= 0.6 is 0 Å². The van der Waals surface area contributed by atoms with E-state index in [1.54, 1.807) is 6.08 Å². The molecule has 400 valence electrons. The van der Waals surface area contributed by atoms with Crippen molar-refractivity contribution in [3.8, 4) is 0 Å². The van der Waals surface area contributed by atoms with Crippen molar-refractivity contribution in [1.29, 1.82) is 0 Å². The molecule has 0 aromatic carbocycles. The lowest BCUT2D eigenvalue weighted by molar-refractivity contribution is -0.143. The fraction of sp³-hybridized carbons (Fsp3) is 0.871. The molecule has 0 aliphatic carbocycles. The quantitative estimate of drug-likeness (QED) is 0.0321. The Morgan fingerprint density at radius 2 is 0.735 bits per heavy atom. The predicted molar refractivity (Wildman–Crippen MR) is 296 cm³/mol. The lowest BCUT2D eigenvalue weighted by atomic mass is 10.0. The van der Waals surface area contributed by atoms with Crippen LogP contribution in [0.5, 0.6) is 0 Å². The number of hydrogen-bond donors (Lipinski definition) is 3. The number of esters is 1. The van der Waals surface area contributed by atoms with E-state index < -0.39 is 12.1 Å². The molecule has 0 saturated carbocycles. The first-order valence-electron chi connectivity index (χ1n) is 30.3. The van der Waals surface area contributed by atoms with Gasteiger partial charge in [-0.15, -0.1) is 0 Å². The average Bonchev–Trinajstić information content (AvgIpc) is 3.34. The van der Waals surface area contributed by atoms with Gasteiger partial charge in [-0.05, 0) is 64.2 Å². The second-order valence-corrected chi connectivity index (χ2v) is 20.7. The van der Waals surface area contributed by atoms with Crippen molar-refractivity contribution >= 4 is 11.9 Å². The van der Waals surface area contributed by atoms with E-state index in [0.29, 0.717) is 19.4 Å². The SMILES string of the molecule is CCCCC/C=C\C/C=C\CCCCCCCCCCCC(=O)OCCCCCCCCCCCC(=O)NC(CO)C(O)/C=C/CCCCCCCCCCCCCCCCCCCCCCC. The van der Waals surface area contributed by atoms with Crippen LogP contribution in [0.25, 0.3) is 0 Å². The fourth-order valence-corrected chi connectivity index (χ4v) is 9.25. The number of aliphatic hydroxyl groups excluding tert-OH is 2. The number of rotatable bonds is 56. The van der Waals surface area contributed by atoms with Crippen LogP contribution in [0.15, 0.2) is 36.5 Å². The molecule has 0 fully saturated rings. The van der Waals surface area contributed by atoms with Gasteiger partial charge in [0.15, 0.2) is 0 Å². The highest BCUT2D eigenvalue weighted by molar-refractivity contribution is 5.76. The first kappa shape index (κ1) is 66.1. The Morgan fingerprint density at radius 1 is 0.412 bits per heavy atom. The van der Waals surface area contributed by atoms with Crippen molar-refractivity contribution in [2.75, 3.05) is 13.2 Å². The zero-order valence-corrected chi connectivity index (χ0v) is 45.6. The first-order valence-corrected chi connectivity index (χ1v) is 30.3. The maximum absolute atomic E-state index is 12.5.